The number of hydrogen-bond acceptors (Lipinski definition) is 6. The molecule has 9 heteroatoms. The molecule has 1 N–H and O–H groups in total. The fraction of sp³-hybridized carbons (Fsp3) is 0.355. The van der Waals surface area contributed by atoms with Crippen molar-refractivity contribution < 1.29 is 19.1 Å². The molecule has 0 spiro atoms. The Morgan fingerprint density at radius 3 is 2.48 bits per heavy atom. The van der Waals surface area contributed by atoms with Crippen molar-refractivity contribution in [1.29, 1.82) is 0 Å². The van der Waals surface area contributed by atoms with E-state index in [1.807, 2.05) is 79.7 Å². The molecule has 1 aromatic heterocycles. The molecule has 1 saturated carbocycles. The minimum absolute atomic E-state index is 0.0803. The maximum atomic E-state index is 14.3. The van der Waals surface area contributed by atoms with Gasteiger partial charge in [-0.05, 0) is 44.0 Å². The Balaban J connectivity index is 1.58. The van der Waals surface area contributed by atoms with Crippen LogP contribution in [-0.2, 0) is 22.7 Å². The normalized spacial score (nSPS) is 14.2. The van der Waals surface area contributed by atoms with Gasteiger partial charge in [0, 0.05) is 17.2 Å². The molecule has 1 heterocycles. The van der Waals surface area contributed by atoms with Gasteiger partial charge in [0.15, 0.2) is 0 Å². The molecule has 0 unspecified atom stereocenters. The molecular weight excluding hydrogens is 506 g/mol. The minimum Gasteiger partial charge on any atom is -0.496 e. The van der Waals surface area contributed by atoms with E-state index in [1.165, 1.54) is 0 Å². The number of ether oxygens (including phenoxy) is 2. The third-order valence-corrected chi connectivity index (χ3v) is 7.33. The Hall–Kier alpha value is -4.40. The number of nitrogens with zero attached hydrogens (tertiary/aromatic N) is 4. The SMILES string of the molecule is CCOc1ccccc1[C@@H](C(=O)NC1CCCC1)N(Cc1ccccc1OC)C(=O)Cn1nnc2ccccc21. The summed E-state index contributed by atoms with van der Waals surface area (Å²) >= 11 is 0. The lowest BCUT2D eigenvalue weighted by atomic mass is 10.0. The molecule has 1 fully saturated rings. The molecule has 40 heavy (non-hydrogen) atoms. The van der Waals surface area contributed by atoms with Crippen LogP contribution in [0.25, 0.3) is 11.0 Å². The number of carbonyl (C=O) groups excluding carboxylic acids is 2. The van der Waals surface area contributed by atoms with Crippen molar-refractivity contribution >= 4 is 22.8 Å². The first-order chi connectivity index (χ1) is 19.6. The predicted octanol–water partition coefficient (Wildman–Crippen LogP) is 4.67. The van der Waals surface area contributed by atoms with E-state index < -0.39 is 6.04 Å². The summed E-state index contributed by atoms with van der Waals surface area (Å²) in [6.45, 7) is 2.40. The average molecular weight is 542 g/mol. The number of hydrogen-bond donors (Lipinski definition) is 1. The van der Waals surface area contributed by atoms with Gasteiger partial charge in [-0.15, -0.1) is 5.10 Å². The molecule has 0 bridgehead atoms. The molecule has 0 saturated heterocycles. The van der Waals surface area contributed by atoms with Gasteiger partial charge in [0.05, 0.1) is 25.8 Å². The van der Waals surface area contributed by atoms with E-state index in [4.69, 9.17) is 9.47 Å². The zero-order chi connectivity index (χ0) is 27.9. The number of methoxy groups -OCH3 is 1. The predicted molar refractivity (Wildman–Crippen MR) is 152 cm³/mol. The Bertz CT molecular complexity index is 1460. The molecule has 0 radical (unpaired) electrons. The number of benzene rings is 3. The number of para-hydroxylation sites is 3. The summed E-state index contributed by atoms with van der Waals surface area (Å²) in [4.78, 5) is 30.0. The number of carbonyl (C=O) groups is 2. The van der Waals surface area contributed by atoms with Gasteiger partial charge in [-0.3, -0.25) is 9.59 Å². The van der Waals surface area contributed by atoms with Crippen LogP contribution >= 0.6 is 0 Å². The van der Waals surface area contributed by atoms with Crippen LogP contribution in [0.3, 0.4) is 0 Å². The van der Waals surface area contributed by atoms with Crippen molar-refractivity contribution in [2.75, 3.05) is 13.7 Å². The Morgan fingerprint density at radius 2 is 1.70 bits per heavy atom. The van der Waals surface area contributed by atoms with Gasteiger partial charge in [-0.2, -0.15) is 0 Å². The second kappa shape index (κ2) is 12.6. The number of amides is 2. The lowest BCUT2D eigenvalue weighted by Gasteiger charge is -2.33. The molecule has 5 rings (SSSR count). The van der Waals surface area contributed by atoms with E-state index in [2.05, 4.69) is 15.6 Å². The van der Waals surface area contributed by atoms with Gasteiger partial charge in [-0.1, -0.05) is 66.6 Å². The zero-order valence-electron chi connectivity index (χ0n) is 23.0. The van der Waals surface area contributed by atoms with Gasteiger partial charge in [-0.25, -0.2) is 4.68 Å². The molecule has 1 aliphatic carbocycles. The highest BCUT2D eigenvalue weighted by molar-refractivity contribution is 5.90. The highest BCUT2D eigenvalue weighted by Crippen LogP contribution is 2.33. The summed E-state index contributed by atoms with van der Waals surface area (Å²) < 4.78 is 13.1. The van der Waals surface area contributed by atoms with Crippen molar-refractivity contribution in [1.82, 2.24) is 25.2 Å². The Morgan fingerprint density at radius 1 is 1.00 bits per heavy atom. The van der Waals surface area contributed by atoms with Gasteiger partial charge in [0.25, 0.3) is 0 Å². The van der Waals surface area contributed by atoms with Crippen LogP contribution < -0.4 is 14.8 Å². The fourth-order valence-electron chi connectivity index (χ4n) is 5.39. The third-order valence-electron chi connectivity index (χ3n) is 7.33. The Labute approximate surface area is 234 Å². The molecule has 4 aromatic rings. The van der Waals surface area contributed by atoms with Crippen LogP contribution in [0, 0.1) is 0 Å². The van der Waals surface area contributed by atoms with Crippen molar-refractivity contribution in [3.05, 3.63) is 83.9 Å². The standard InChI is InChI=1S/C31H35N5O4/c1-3-40-28-19-11-7-15-24(28)30(31(38)32-23-13-5-6-14-23)35(20-22-12-4-10-18-27(22)39-2)29(37)21-36-26-17-9-8-16-25(26)33-34-36/h4,7-12,15-19,23,30H,3,5-6,13-14,20-21H2,1-2H3,(H,32,38)/t30-/m0/s1. The molecule has 1 aliphatic rings. The van der Waals surface area contributed by atoms with Crippen molar-refractivity contribution in [2.45, 2.75) is 57.8 Å². The van der Waals surface area contributed by atoms with E-state index >= 15 is 0 Å². The molecule has 1 atom stereocenters. The topological polar surface area (TPSA) is 98.6 Å². The van der Waals surface area contributed by atoms with Gasteiger partial charge in [0.2, 0.25) is 11.8 Å². The van der Waals surface area contributed by atoms with E-state index in [9.17, 15) is 9.59 Å². The lowest BCUT2D eigenvalue weighted by Crippen LogP contribution is -2.47. The second-order valence-corrected chi connectivity index (χ2v) is 9.93. The smallest absolute Gasteiger partial charge is 0.247 e. The zero-order valence-corrected chi connectivity index (χ0v) is 23.0. The summed E-state index contributed by atoms with van der Waals surface area (Å²) in [7, 11) is 1.60. The first-order valence-corrected chi connectivity index (χ1v) is 13.8. The van der Waals surface area contributed by atoms with Crippen molar-refractivity contribution in [3.8, 4) is 11.5 Å². The summed E-state index contributed by atoms with van der Waals surface area (Å²) in [6.07, 6.45) is 4.01. The average Bonchev–Trinajstić information content (AvgIpc) is 3.64. The third kappa shape index (κ3) is 5.93. The monoisotopic (exact) mass is 541 g/mol. The summed E-state index contributed by atoms with van der Waals surface area (Å²) in [6, 6.07) is 21.6. The molecule has 0 aliphatic heterocycles. The van der Waals surface area contributed by atoms with Crippen molar-refractivity contribution in [2.24, 2.45) is 0 Å². The van der Waals surface area contributed by atoms with E-state index in [0.717, 1.165) is 36.8 Å². The van der Waals surface area contributed by atoms with Gasteiger partial charge < -0.3 is 19.7 Å². The minimum atomic E-state index is -0.935. The van der Waals surface area contributed by atoms with Crippen LogP contribution in [0.2, 0.25) is 0 Å². The van der Waals surface area contributed by atoms with Crippen LogP contribution in [0.4, 0.5) is 0 Å². The molecule has 9 nitrogen and oxygen atoms in total. The van der Waals surface area contributed by atoms with Crippen LogP contribution in [-0.4, -0.2) is 51.5 Å². The first-order valence-electron chi connectivity index (χ1n) is 13.8. The maximum absolute atomic E-state index is 14.3. The lowest BCUT2D eigenvalue weighted by molar-refractivity contribution is -0.142. The van der Waals surface area contributed by atoms with Gasteiger partial charge >= 0.3 is 0 Å². The second-order valence-electron chi connectivity index (χ2n) is 9.93. The van der Waals surface area contributed by atoms with Gasteiger partial charge in [0.1, 0.15) is 29.6 Å². The fourth-order valence-corrected chi connectivity index (χ4v) is 5.39. The maximum Gasteiger partial charge on any atom is 0.247 e. The highest BCUT2D eigenvalue weighted by atomic mass is 16.5. The van der Waals surface area contributed by atoms with E-state index in [1.54, 1.807) is 16.7 Å². The quantitative estimate of drug-likeness (QED) is 0.296. The summed E-state index contributed by atoms with van der Waals surface area (Å²) in [5, 5.41) is 11.7. The van der Waals surface area contributed by atoms with Crippen LogP contribution in [0.1, 0.15) is 49.8 Å². The molecular formula is C31H35N5O4. The van der Waals surface area contributed by atoms with E-state index in [-0.39, 0.29) is 30.9 Å². The number of nitrogens with one attached hydrogen (secondary N) is 1. The highest BCUT2D eigenvalue weighted by Gasteiger charge is 2.36. The molecule has 208 valence electrons. The van der Waals surface area contributed by atoms with Crippen LogP contribution in [0.15, 0.2) is 72.8 Å². The Kier molecular flexibility index (Phi) is 8.59. The first kappa shape index (κ1) is 27.2. The number of rotatable bonds is 11. The van der Waals surface area contributed by atoms with E-state index in [0.29, 0.717) is 29.2 Å². The van der Waals surface area contributed by atoms with Crippen molar-refractivity contribution in [3.63, 3.8) is 0 Å². The largest absolute Gasteiger partial charge is 0.496 e. The summed E-state index contributed by atoms with van der Waals surface area (Å²) in [5.74, 6) is 0.699. The van der Waals surface area contributed by atoms with Crippen LogP contribution in [0.5, 0.6) is 11.5 Å². The number of fused-ring (bicyclic) bond motifs is 1. The molecule has 3 aromatic carbocycles. The number of aromatic nitrogens is 3. The summed E-state index contributed by atoms with van der Waals surface area (Å²) in [5.41, 5.74) is 2.86. The molecule has 2 amide bonds.